The Morgan fingerprint density at radius 2 is 1.91 bits per heavy atom. The Kier molecular flexibility index (Phi) is 5.52. The molecule has 0 spiro atoms. The van der Waals surface area contributed by atoms with Crippen molar-refractivity contribution in [2.24, 2.45) is 5.92 Å². The Morgan fingerprint density at radius 3 is 2.73 bits per heavy atom. The van der Waals surface area contributed by atoms with Crippen molar-refractivity contribution in [1.29, 1.82) is 0 Å². The van der Waals surface area contributed by atoms with Crippen LogP contribution in [0.4, 0.5) is 11.4 Å². The summed E-state index contributed by atoms with van der Waals surface area (Å²) in [6, 6.07) is 20.2. The zero-order valence-corrected chi connectivity index (χ0v) is 18.3. The molecule has 2 amide bonds. The summed E-state index contributed by atoms with van der Waals surface area (Å²) in [5.41, 5.74) is 3.34. The number of aromatic nitrogens is 2. The molecule has 166 valence electrons. The van der Waals surface area contributed by atoms with E-state index in [4.69, 9.17) is 4.74 Å². The number of nitrogens with zero attached hydrogens (tertiary/aromatic N) is 3. The first kappa shape index (κ1) is 20.8. The molecule has 0 saturated heterocycles. The van der Waals surface area contributed by atoms with Gasteiger partial charge in [-0.2, -0.15) is 0 Å². The highest BCUT2D eigenvalue weighted by molar-refractivity contribution is 6.11. The highest BCUT2D eigenvalue weighted by atomic mass is 16.5. The maximum Gasteiger partial charge on any atom is 0.257 e. The second-order valence-electron chi connectivity index (χ2n) is 8.16. The Bertz CT molecular complexity index is 1290. The number of hydrogen-bond acceptors (Lipinski definition) is 4. The first-order valence-corrected chi connectivity index (χ1v) is 10.9. The molecule has 7 nitrogen and oxygen atoms in total. The second kappa shape index (κ2) is 8.78. The molecule has 0 unspecified atom stereocenters. The van der Waals surface area contributed by atoms with Crippen molar-refractivity contribution < 1.29 is 14.3 Å². The lowest BCUT2D eigenvalue weighted by Gasteiger charge is -2.20. The third-order valence-electron chi connectivity index (χ3n) is 5.66. The molecular formula is C26H24N4O3. The van der Waals surface area contributed by atoms with Gasteiger partial charge in [0.05, 0.1) is 16.9 Å². The van der Waals surface area contributed by atoms with E-state index in [9.17, 15) is 9.59 Å². The van der Waals surface area contributed by atoms with Crippen molar-refractivity contribution in [2.75, 3.05) is 17.3 Å². The fourth-order valence-electron chi connectivity index (χ4n) is 3.76. The minimum absolute atomic E-state index is 0.0533. The number of benzene rings is 2. The lowest BCUT2D eigenvalue weighted by molar-refractivity contribution is -0.119. The summed E-state index contributed by atoms with van der Waals surface area (Å²) in [6.45, 7) is 0.315. The van der Waals surface area contributed by atoms with Gasteiger partial charge in [-0.1, -0.05) is 24.3 Å². The van der Waals surface area contributed by atoms with E-state index < -0.39 is 0 Å². The number of fused-ring (bicyclic) bond motifs is 1. The van der Waals surface area contributed by atoms with Crippen molar-refractivity contribution in [2.45, 2.75) is 19.4 Å². The number of carbonyl (C=O) groups excluding carboxylic acids is 2. The van der Waals surface area contributed by atoms with Crippen LogP contribution >= 0.6 is 0 Å². The molecular weight excluding hydrogens is 416 g/mol. The molecule has 0 aliphatic heterocycles. The van der Waals surface area contributed by atoms with Crippen LogP contribution in [0.1, 0.15) is 28.9 Å². The SMILES string of the molecule is CN(C(=O)C1CC1)c1ccccc1C(=O)Nc1cccc(OCc2cn3ccccc3n2)c1. The van der Waals surface area contributed by atoms with Crippen LogP contribution in [0.15, 0.2) is 79.1 Å². The monoisotopic (exact) mass is 440 g/mol. The maximum atomic E-state index is 13.0. The average molecular weight is 441 g/mol. The summed E-state index contributed by atoms with van der Waals surface area (Å²) in [4.78, 5) is 31.7. The van der Waals surface area contributed by atoms with Crippen LogP contribution in [0.5, 0.6) is 5.75 Å². The molecule has 7 heteroatoms. The van der Waals surface area contributed by atoms with E-state index in [0.29, 0.717) is 29.3 Å². The van der Waals surface area contributed by atoms with Crippen LogP contribution in [0.2, 0.25) is 0 Å². The normalized spacial score (nSPS) is 13.0. The van der Waals surface area contributed by atoms with Crippen molar-refractivity contribution in [3.63, 3.8) is 0 Å². The van der Waals surface area contributed by atoms with E-state index in [2.05, 4.69) is 10.3 Å². The summed E-state index contributed by atoms with van der Waals surface area (Å²) < 4.78 is 7.84. The Morgan fingerprint density at radius 1 is 1.09 bits per heavy atom. The van der Waals surface area contributed by atoms with E-state index in [0.717, 1.165) is 24.2 Å². The molecule has 1 N–H and O–H groups in total. The number of pyridine rings is 1. The molecule has 0 bridgehead atoms. The summed E-state index contributed by atoms with van der Waals surface area (Å²) >= 11 is 0. The van der Waals surface area contributed by atoms with Gasteiger partial charge in [0.15, 0.2) is 0 Å². The molecule has 2 aromatic carbocycles. The number of hydrogen-bond donors (Lipinski definition) is 1. The van der Waals surface area contributed by atoms with Gasteiger partial charge in [0.1, 0.15) is 18.0 Å². The smallest absolute Gasteiger partial charge is 0.257 e. The highest BCUT2D eigenvalue weighted by Gasteiger charge is 2.33. The number of ether oxygens (including phenoxy) is 1. The number of para-hydroxylation sites is 1. The molecule has 1 aliphatic carbocycles. The number of anilines is 2. The van der Waals surface area contributed by atoms with Crippen molar-refractivity contribution in [3.05, 3.63) is 90.4 Å². The van der Waals surface area contributed by atoms with Crippen LogP contribution < -0.4 is 15.0 Å². The van der Waals surface area contributed by atoms with E-state index >= 15 is 0 Å². The standard InChI is InChI=1S/C26H24N4O3/c1-29(26(32)18-12-13-18)23-10-3-2-9-22(23)25(31)28-19-7-6-8-21(15-19)33-17-20-16-30-14-5-4-11-24(30)27-20/h2-11,14-16,18H,12-13,17H2,1H3,(H,28,31). The summed E-state index contributed by atoms with van der Waals surface area (Å²) in [7, 11) is 1.72. The van der Waals surface area contributed by atoms with Gasteiger partial charge in [-0.3, -0.25) is 9.59 Å². The van der Waals surface area contributed by atoms with Crippen molar-refractivity contribution in [3.8, 4) is 5.75 Å². The molecule has 2 heterocycles. The van der Waals surface area contributed by atoms with E-state index in [1.807, 2.05) is 53.2 Å². The highest BCUT2D eigenvalue weighted by Crippen LogP contribution is 2.33. The Labute approximate surface area is 191 Å². The van der Waals surface area contributed by atoms with Crippen LogP contribution in [0, 0.1) is 5.92 Å². The van der Waals surface area contributed by atoms with Crippen LogP contribution in [0.25, 0.3) is 5.65 Å². The lowest BCUT2D eigenvalue weighted by atomic mass is 10.1. The zero-order chi connectivity index (χ0) is 22.8. The Balaban J connectivity index is 1.28. The minimum atomic E-state index is -0.279. The van der Waals surface area contributed by atoms with Gasteiger partial charge in [0.25, 0.3) is 5.91 Å². The summed E-state index contributed by atoms with van der Waals surface area (Å²) in [5, 5.41) is 2.92. The fraction of sp³-hybridized carbons (Fsp3) is 0.192. The predicted molar refractivity (Wildman–Crippen MR) is 126 cm³/mol. The van der Waals surface area contributed by atoms with Gasteiger partial charge in [-0.15, -0.1) is 0 Å². The molecule has 2 aromatic heterocycles. The van der Waals surface area contributed by atoms with Gasteiger partial charge in [-0.05, 0) is 49.2 Å². The molecule has 1 saturated carbocycles. The first-order valence-electron chi connectivity index (χ1n) is 10.9. The Hall–Kier alpha value is -4.13. The average Bonchev–Trinajstić information content (AvgIpc) is 3.61. The molecule has 0 atom stereocenters. The number of rotatable bonds is 7. The van der Waals surface area contributed by atoms with Gasteiger partial charge in [-0.25, -0.2) is 4.98 Å². The third-order valence-corrected chi connectivity index (χ3v) is 5.66. The molecule has 4 aromatic rings. The minimum Gasteiger partial charge on any atom is -0.487 e. The number of nitrogens with one attached hydrogen (secondary N) is 1. The van der Waals surface area contributed by atoms with Crippen LogP contribution in [0.3, 0.4) is 0 Å². The largest absolute Gasteiger partial charge is 0.487 e. The molecule has 33 heavy (non-hydrogen) atoms. The summed E-state index contributed by atoms with van der Waals surface area (Å²) in [5.74, 6) is 0.475. The first-order chi connectivity index (χ1) is 16.1. The van der Waals surface area contributed by atoms with Gasteiger partial charge in [0, 0.05) is 37.1 Å². The molecule has 1 fully saturated rings. The topological polar surface area (TPSA) is 75.9 Å². The second-order valence-corrected chi connectivity index (χ2v) is 8.16. The predicted octanol–water partition coefficient (Wildman–Crippen LogP) is 4.54. The van der Waals surface area contributed by atoms with Crippen molar-refractivity contribution in [1.82, 2.24) is 9.38 Å². The number of imidazole rings is 1. The van der Waals surface area contributed by atoms with Gasteiger partial charge >= 0.3 is 0 Å². The zero-order valence-electron chi connectivity index (χ0n) is 18.3. The van der Waals surface area contributed by atoms with Gasteiger partial charge < -0.3 is 19.4 Å². The number of carbonyl (C=O) groups is 2. The quantitative estimate of drug-likeness (QED) is 0.458. The number of amides is 2. The van der Waals surface area contributed by atoms with E-state index in [1.54, 1.807) is 42.3 Å². The van der Waals surface area contributed by atoms with E-state index in [-0.39, 0.29) is 17.7 Å². The van der Waals surface area contributed by atoms with Crippen molar-refractivity contribution >= 4 is 28.8 Å². The van der Waals surface area contributed by atoms with E-state index in [1.165, 1.54) is 0 Å². The molecule has 5 rings (SSSR count). The van der Waals surface area contributed by atoms with Gasteiger partial charge in [0.2, 0.25) is 5.91 Å². The fourth-order valence-corrected chi connectivity index (χ4v) is 3.76. The van der Waals surface area contributed by atoms with Crippen LogP contribution in [-0.2, 0) is 11.4 Å². The third kappa shape index (κ3) is 4.57. The molecule has 0 radical (unpaired) electrons. The molecule has 1 aliphatic rings. The van der Waals surface area contributed by atoms with Crippen LogP contribution in [-0.4, -0.2) is 28.2 Å². The maximum absolute atomic E-state index is 13.0. The summed E-state index contributed by atoms with van der Waals surface area (Å²) in [6.07, 6.45) is 5.70. The lowest BCUT2D eigenvalue weighted by Crippen LogP contribution is -2.29.